The van der Waals surface area contributed by atoms with Crippen LogP contribution in [-0.4, -0.2) is 50.1 Å². The lowest BCUT2D eigenvalue weighted by atomic mass is 9.95. The van der Waals surface area contributed by atoms with Crippen LogP contribution in [0.15, 0.2) is 29.3 Å². The number of carbonyl (C=O) groups excluding carboxylic acids is 1. The standard InChI is InChI=1S/C20H32N4O2.HI/c1-4-22-20(24-11-7-8-16(14-24)12-19(21)25)23-13-15(2)17-9-5-6-10-18(17)26-3;/h5-6,9-10,15-16H,4,7-8,11-14H2,1-3H3,(H2,21,25)(H,22,23);1H. The molecule has 0 saturated carbocycles. The summed E-state index contributed by atoms with van der Waals surface area (Å²) in [4.78, 5) is 18.4. The SMILES string of the molecule is CCNC(=NCC(C)c1ccccc1OC)N1CCCC(CC(N)=O)C1.I. The van der Waals surface area contributed by atoms with Gasteiger partial charge in [0.05, 0.1) is 7.11 Å². The minimum atomic E-state index is -0.219. The molecule has 2 unspecified atom stereocenters. The van der Waals surface area contributed by atoms with Gasteiger partial charge in [0.15, 0.2) is 5.96 Å². The molecule has 27 heavy (non-hydrogen) atoms. The van der Waals surface area contributed by atoms with Gasteiger partial charge in [-0.1, -0.05) is 25.1 Å². The summed E-state index contributed by atoms with van der Waals surface area (Å²) in [5, 5.41) is 3.39. The largest absolute Gasteiger partial charge is 0.496 e. The number of halogens is 1. The van der Waals surface area contributed by atoms with Gasteiger partial charge in [-0.2, -0.15) is 0 Å². The molecule has 6 nitrogen and oxygen atoms in total. The molecule has 1 aromatic rings. The molecule has 1 aliphatic rings. The fourth-order valence-corrected chi connectivity index (χ4v) is 3.53. The van der Waals surface area contributed by atoms with E-state index >= 15 is 0 Å². The van der Waals surface area contributed by atoms with Crippen LogP contribution in [0.5, 0.6) is 5.75 Å². The molecule has 152 valence electrons. The van der Waals surface area contributed by atoms with Crippen LogP contribution >= 0.6 is 24.0 Å². The molecule has 1 fully saturated rings. The van der Waals surface area contributed by atoms with Gasteiger partial charge in [0.25, 0.3) is 0 Å². The van der Waals surface area contributed by atoms with E-state index in [0.717, 1.165) is 44.2 Å². The van der Waals surface area contributed by atoms with E-state index in [9.17, 15) is 4.79 Å². The highest BCUT2D eigenvalue weighted by molar-refractivity contribution is 14.0. The number of carbonyl (C=O) groups is 1. The smallest absolute Gasteiger partial charge is 0.217 e. The van der Waals surface area contributed by atoms with Crippen molar-refractivity contribution in [2.24, 2.45) is 16.6 Å². The lowest BCUT2D eigenvalue weighted by molar-refractivity contribution is -0.119. The van der Waals surface area contributed by atoms with Gasteiger partial charge in [0.2, 0.25) is 5.91 Å². The number of nitrogens with one attached hydrogen (secondary N) is 1. The van der Waals surface area contributed by atoms with Crippen LogP contribution in [0.4, 0.5) is 0 Å². The topological polar surface area (TPSA) is 80.0 Å². The summed E-state index contributed by atoms with van der Waals surface area (Å²) in [5.74, 6) is 2.18. The number of nitrogens with zero attached hydrogens (tertiary/aromatic N) is 2. The van der Waals surface area contributed by atoms with Crippen LogP contribution in [0.3, 0.4) is 0 Å². The minimum absolute atomic E-state index is 0. The van der Waals surface area contributed by atoms with E-state index in [0.29, 0.717) is 18.9 Å². The number of piperidine rings is 1. The fourth-order valence-electron chi connectivity index (χ4n) is 3.53. The highest BCUT2D eigenvalue weighted by Gasteiger charge is 2.23. The van der Waals surface area contributed by atoms with Gasteiger partial charge in [0, 0.05) is 38.5 Å². The van der Waals surface area contributed by atoms with Crippen LogP contribution in [0.2, 0.25) is 0 Å². The molecule has 3 N–H and O–H groups in total. The monoisotopic (exact) mass is 488 g/mol. The number of amides is 1. The molecule has 2 rings (SSSR count). The molecule has 0 spiro atoms. The normalized spacial score (nSPS) is 18.4. The minimum Gasteiger partial charge on any atom is -0.496 e. The predicted molar refractivity (Wildman–Crippen MR) is 121 cm³/mol. The maximum absolute atomic E-state index is 11.2. The highest BCUT2D eigenvalue weighted by atomic mass is 127. The molecule has 0 aromatic heterocycles. The molecule has 0 aliphatic carbocycles. The van der Waals surface area contributed by atoms with Crippen LogP contribution in [0.25, 0.3) is 0 Å². The molecular formula is C20H33IN4O2. The van der Waals surface area contributed by atoms with Crippen molar-refractivity contribution in [1.82, 2.24) is 10.2 Å². The Kier molecular flexibility index (Phi) is 10.5. The number of rotatable bonds is 7. The molecule has 0 radical (unpaired) electrons. The second-order valence-corrected chi connectivity index (χ2v) is 6.96. The van der Waals surface area contributed by atoms with E-state index in [4.69, 9.17) is 15.5 Å². The van der Waals surface area contributed by atoms with Gasteiger partial charge in [-0.15, -0.1) is 24.0 Å². The third-order valence-electron chi connectivity index (χ3n) is 4.83. The zero-order valence-corrected chi connectivity index (χ0v) is 18.9. The Bertz CT molecular complexity index is 624. The first-order chi connectivity index (χ1) is 12.5. The van der Waals surface area contributed by atoms with Crippen molar-refractivity contribution in [1.29, 1.82) is 0 Å². The average molecular weight is 488 g/mol. The van der Waals surface area contributed by atoms with Crippen molar-refractivity contribution in [3.05, 3.63) is 29.8 Å². The van der Waals surface area contributed by atoms with E-state index in [1.807, 2.05) is 18.2 Å². The number of para-hydroxylation sites is 1. The molecule has 1 heterocycles. The molecular weight excluding hydrogens is 455 g/mol. The summed E-state index contributed by atoms with van der Waals surface area (Å²) >= 11 is 0. The van der Waals surface area contributed by atoms with Crippen molar-refractivity contribution in [3.63, 3.8) is 0 Å². The van der Waals surface area contributed by atoms with Crippen molar-refractivity contribution in [2.75, 3.05) is 33.3 Å². The fraction of sp³-hybridized carbons (Fsp3) is 0.600. The predicted octanol–water partition coefficient (Wildman–Crippen LogP) is 2.97. The summed E-state index contributed by atoms with van der Waals surface area (Å²) in [7, 11) is 1.70. The quantitative estimate of drug-likeness (QED) is 0.352. The van der Waals surface area contributed by atoms with Crippen LogP contribution in [-0.2, 0) is 4.79 Å². The van der Waals surface area contributed by atoms with Crippen molar-refractivity contribution in [3.8, 4) is 5.75 Å². The summed E-state index contributed by atoms with van der Waals surface area (Å²) < 4.78 is 5.47. The molecule has 1 aromatic carbocycles. The number of benzene rings is 1. The number of aliphatic imine (C=N–C) groups is 1. The number of hydrogen-bond acceptors (Lipinski definition) is 3. The second kappa shape index (κ2) is 12.0. The molecule has 1 amide bonds. The first-order valence-corrected chi connectivity index (χ1v) is 9.49. The number of primary amides is 1. The Hall–Kier alpha value is -1.51. The summed E-state index contributed by atoms with van der Waals surface area (Å²) in [6, 6.07) is 8.09. The Morgan fingerprint density at radius 2 is 2.19 bits per heavy atom. The Morgan fingerprint density at radius 3 is 2.85 bits per heavy atom. The van der Waals surface area contributed by atoms with Gasteiger partial charge in [-0.05, 0) is 37.3 Å². The average Bonchev–Trinajstić information content (AvgIpc) is 2.64. The third kappa shape index (κ3) is 7.20. The molecule has 1 saturated heterocycles. The third-order valence-corrected chi connectivity index (χ3v) is 4.83. The summed E-state index contributed by atoms with van der Waals surface area (Å²) in [6.07, 6.45) is 2.56. The van der Waals surface area contributed by atoms with Crippen molar-refractivity contribution < 1.29 is 9.53 Å². The summed E-state index contributed by atoms with van der Waals surface area (Å²) in [5.41, 5.74) is 6.55. The van der Waals surface area contributed by atoms with Gasteiger partial charge >= 0.3 is 0 Å². The lowest BCUT2D eigenvalue weighted by Crippen LogP contribution is -2.47. The zero-order valence-electron chi connectivity index (χ0n) is 16.6. The maximum atomic E-state index is 11.2. The Morgan fingerprint density at radius 1 is 1.44 bits per heavy atom. The van der Waals surface area contributed by atoms with Gasteiger partial charge < -0.3 is 20.7 Å². The van der Waals surface area contributed by atoms with Crippen LogP contribution < -0.4 is 15.8 Å². The second-order valence-electron chi connectivity index (χ2n) is 6.96. The molecule has 1 aliphatic heterocycles. The number of hydrogen-bond donors (Lipinski definition) is 2. The van der Waals surface area contributed by atoms with Crippen LogP contribution in [0, 0.1) is 5.92 Å². The molecule has 7 heteroatoms. The van der Waals surface area contributed by atoms with Crippen molar-refractivity contribution >= 4 is 35.8 Å². The number of ether oxygens (including phenoxy) is 1. The van der Waals surface area contributed by atoms with Crippen molar-refractivity contribution in [2.45, 2.75) is 39.0 Å². The number of nitrogens with two attached hydrogens (primary N) is 1. The van der Waals surface area contributed by atoms with Gasteiger partial charge in [0.1, 0.15) is 5.75 Å². The van der Waals surface area contributed by atoms with E-state index in [1.165, 1.54) is 5.56 Å². The van der Waals surface area contributed by atoms with E-state index in [1.54, 1.807) is 7.11 Å². The van der Waals surface area contributed by atoms with E-state index in [2.05, 4.69) is 30.1 Å². The zero-order chi connectivity index (χ0) is 18.9. The Labute approximate surface area is 179 Å². The van der Waals surface area contributed by atoms with E-state index < -0.39 is 0 Å². The Balaban J connectivity index is 0.00000364. The number of guanidine groups is 1. The summed E-state index contributed by atoms with van der Waals surface area (Å²) in [6.45, 7) is 7.53. The number of methoxy groups -OCH3 is 1. The first kappa shape index (κ1) is 23.5. The maximum Gasteiger partial charge on any atom is 0.217 e. The van der Waals surface area contributed by atoms with Gasteiger partial charge in [-0.25, -0.2) is 0 Å². The first-order valence-electron chi connectivity index (χ1n) is 9.49. The van der Waals surface area contributed by atoms with Crippen LogP contribution in [0.1, 0.15) is 44.6 Å². The molecule has 2 atom stereocenters. The number of likely N-dealkylation sites (tertiary alicyclic amines) is 1. The molecule has 0 bridgehead atoms. The highest BCUT2D eigenvalue weighted by Crippen LogP contribution is 2.26. The lowest BCUT2D eigenvalue weighted by Gasteiger charge is -2.34. The van der Waals surface area contributed by atoms with E-state index in [-0.39, 0.29) is 35.8 Å². The van der Waals surface area contributed by atoms with Gasteiger partial charge in [-0.3, -0.25) is 9.79 Å².